The molecule has 114 valence electrons. The van der Waals surface area contributed by atoms with Crippen molar-refractivity contribution in [3.8, 4) is 0 Å². The molecule has 0 N–H and O–H groups in total. The van der Waals surface area contributed by atoms with Crippen LogP contribution in [0.15, 0.2) is 54.6 Å². The molecule has 3 aromatic carbocycles. The van der Waals surface area contributed by atoms with Crippen LogP contribution in [0.25, 0.3) is 21.5 Å². The number of hydrogen-bond acceptors (Lipinski definition) is 0. The average Bonchev–Trinajstić information content (AvgIpc) is 2.52. The van der Waals surface area contributed by atoms with Crippen molar-refractivity contribution in [2.45, 2.75) is 26.3 Å². The lowest BCUT2D eigenvalue weighted by Gasteiger charge is -2.31. The van der Waals surface area contributed by atoms with Gasteiger partial charge in [-0.3, -0.25) is 0 Å². The van der Waals surface area contributed by atoms with E-state index in [1.54, 1.807) is 0 Å². The minimum Gasteiger partial charge on any atom is -0.325 e. The molecule has 0 fully saturated rings. The third-order valence-corrected chi connectivity index (χ3v) is 4.59. The van der Waals surface area contributed by atoms with E-state index >= 15 is 0 Å². The molecular formula is C21H26N+. The molecule has 0 atom stereocenters. The van der Waals surface area contributed by atoms with Crippen LogP contribution in [0.1, 0.15) is 25.3 Å². The third kappa shape index (κ3) is 3.00. The molecule has 22 heavy (non-hydrogen) atoms. The molecule has 0 saturated heterocycles. The quantitative estimate of drug-likeness (QED) is 0.438. The molecule has 0 bridgehead atoms. The van der Waals surface area contributed by atoms with E-state index < -0.39 is 0 Å². The number of quaternary nitrogens is 1. The van der Waals surface area contributed by atoms with Crippen molar-refractivity contribution >= 4 is 21.5 Å². The van der Waals surface area contributed by atoms with Crippen molar-refractivity contribution in [3.63, 3.8) is 0 Å². The largest absolute Gasteiger partial charge is 0.325 e. The molecule has 0 aromatic heterocycles. The van der Waals surface area contributed by atoms with E-state index in [9.17, 15) is 0 Å². The highest BCUT2D eigenvalue weighted by Gasteiger charge is 2.19. The first-order valence-corrected chi connectivity index (χ1v) is 8.32. The van der Waals surface area contributed by atoms with Crippen LogP contribution in [-0.2, 0) is 6.54 Å². The van der Waals surface area contributed by atoms with Gasteiger partial charge in [0.05, 0.1) is 20.6 Å². The van der Waals surface area contributed by atoms with Gasteiger partial charge in [-0.15, -0.1) is 0 Å². The van der Waals surface area contributed by atoms with Gasteiger partial charge in [-0.25, -0.2) is 0 Å². The van der Waals surface area contributed by atoms with Gasteiger partial charge in [0.25, 0.3) is 0 Å². The number of hydrogen-bond donors (Lipinski definition) is 0. The summed E-state index contributed by atoms with van der Waals surface area (Å²) in [6.45, 7) is 4.59. The molecule has 0 heterocycles. The lowest BCUT2D eigenvalue weighted by atomic mass is 9.96. The van der Waals surface area contributed by atoms with E-state index in [4.69, 9.17) is 0 Å². The second-order valence-corrected chi connectivity index (χ2v) is 6.97. The second-order valence-electron chi connectivity index (χ2n) is 6.97. The van der Waals surface area contributed by atoms with Gasteiger partial charge in [0.15, 0.2) is 0 Å². The zero-order valence-electron chi connectivity index (χ0n) is 14.0. The van der Waals surface area contributed by atoms with Crippen molar-refractivity contribution in [2.75, 3.05) is 20.6 Å². The number of nitrogens with zero attached hydrogens (tertiary/aromatic N) is 1. The first-order chi connectivity index (χ1) is 10.6. The van der Waals surface area contributed by atoms with E-state index in [0.717, 1.165) is 11.0 Å². The normalized spacial score (nSPS) is 12.1. The first-order valence-electron chi connectivity index (χ1n) is 8.32. The highest BCUT2D eigenvalue weighted by Crippen LogP contribution is 2.30. The Bertz CT molecular complexity index is 732. The van der Waals surface area contributed by atoms with E-state index in [1.165, 1.54) is 46.5 Å². The Hall–Kier alpha value is -1.86. The van der Waals surface area contributed by atoms with Crippen LogP contribution >= 0.6 is 0 Å². The Kier molecular flexibility index (Phi) is 4.17. The van der Waals surface area contributed by atoms with Gasteiger partial charge in [0.2, 0.25) is 0 Å². The van der Waals surface area contributed by atoms with Crippen LogP contribution in [0.4, 0.5) is 0 Å². The Balaban J connectivity index is 2.16. The Morgan fingerprint density at radius 2 is 1.36 bits per heavy atom. The minimum atomic E-state index is 1.05. The summed E-state index contributed by atoms with van der Waals surface area (Å²) in [5, 5.41) is 5.52. The van der Waals surface area contributed by atoms with Crippen molar-refractivity contribution in [3.05, 3.63) is 60.2 Å². The zero-order valence-corrected chi connectivity index (χ0v) is 14.0. The maximum Gasteiger partial charge on any atom is 0.105 e. The highest BCUT2D eigenvalue weighted by atomic mass is 15.3. The fourth-order valence-corrected chi connectivity index (χ4v) is 3.37. The smallest absolute Gasteiger partial charge is 0.105 e. The lowest BCUT2D eigenvalue weighted by Crippen LogP contribution is -2.39. The van der Waals surface area contributed by atoms with E-state index in [-0.39, 0.29) is 0 Å². The summed E-state index contributed by atoms with van der Waals surface area (Å²) in [6, 6.07) is 19.9. The zero-order chi connectivity index (χ0) is 15.6. The van der Waals surface area contributed by atoms with Crippen LogP contribution in [-0.4, -0.2) is 25.1 Å². The van der Waals surface area contributed by atoms with E-state index in [1.807, 2.05) is 0 Å². The summed E-state index contributed by atoms with van der Waals surface area (Å²) in [4.78, 5) is 0. The molecule has 0 radical (unpaired) electrons. The van der Waals surface area contributed by atoms with Crippen LogP contribution in [0.2, 0.25) is 0 Å². The van der Waals surface area contributed by atoms with Gasteiger partial charge in [-0.2, -0.15) is 0 Å². The molecule has 0 aliphatic carbocycles. The second kappa shape index (κ2) is 6.10. The lowest BCUT2D eigenvalue weighted by molar-refractivity contribution is -0.903. The Morgan fingerprint density at radius 3 is 1.91 bits per heavy atom. The highest BCUT2D eigenvalue weighted by molar-refractivity contribution is 6.02. The number of benzene rings is 3. The molecular weight excluding hydrogens is 266 g/mol. The van der Waals surface area contributed by atoms with Crippen molar-refractivity contribution in [2.24, 2.45) is 0 Å². The van der Waals surface area contributed by atoms with Gasteiger partial charge in [-0.05, 0) is 34.0 Å². The molecule has 3 aromatic rings. The van der Waals surface area contributed by atoms with E-state index in [2.05, 4.69) is 75.6 Å². The first kappa shape index (κ1) is 15.1. The molecule has 0 aliphatic rings. The van der Waals surface area contributed by atoms with Crippen LogP contribution in [0, 0.1) is 0 Å². The SMILES string of the molecule is CCCC[N+](C)(C)Cc1c2ccccc2cc2ccccc12. The summed E-state index contributed by atoms with van der Waals surface area (Å²) < 4.78 is 1.05. The van der Waals surface area contributed by atoms with Crippen LogP contribution in [0.3, 0.4) is 0 Å². The van der Waals surface area contributed by atoms with Gasteiger partial charge in [-0.1, -0.05) is 61.9 Å². The van der Waals surface area contributed by atoms with Crippen molar-refractivity contribution in [1.82, 2.24) is 0 Å². The summed E-state index contributed by atoms with van der Waals surface area (Å²) in [7, 11) is 4.71. The predicted molar refractivity (Wildman–Crippen MR) is 97.0 cm³/mol. The molecule has 1 heteroatoms. The molecule has 1 nitrogen and oxygen atoms in total. The third-order valence-electron chi connectivity index (χ3n) is 4.59. The Morgan fingerprint density at radius 1 is 0.818 bits per heavy atom. The number of fused-ring (bicyclic) bond motifs is 2. The fraction of sp³-hybridized carbons (Fsp3) is 0.333. The predicted octanol–water partition coefficient (Wildman–Crippen LogP) is 5.37. The molecule has 0 aliphatic heterocycles. The van der Waals surface area contributed by atoms with Crippen molar-refractivity contribution in [1.29, 1.82) is 0 Å². The molecule has 0 amide bonds. The molecule has 0 saturated carbocycles. The van der Waals surface area contributed by atoms with Crippen molar-refractivity contribution < 1.29 is 4.48 Å². The topological polar surface area (TPSA) is 0 Å². The fourth-order valence-electron chi connectivity index (χ4n) is 3.37. The molecule has 0 unspecified atom stereocenters. The Labute approximate surface area is 133 Å². The van der Waals surface area contributed by atoms with Crippen LogP contribution in [0.5, 0.6) is 0 Å². The van der Waals surface area contributed by atoms with Gasteiger partial charge >= 0.3 is 0 Å². The van der Waals surface area contributed by atoms with Gasteiger partial charge < -0.3 is 4.48 Å². The molecule has 0 spiro atoms. The average molecular weight is 292 g/mol. The standard InChI is InChI=1S/C21H26N/c1-4-5-14-22(2,3)16-21-19-12-8-6-10-17(19)15-18-11-7-9-13-20(18)21/h6-13,15H,4-5,14,16H2,1-3H3/q+1. The summed E-state index contributed by atoms with van der Waals surface area (Å²) >= 11 is 0. The van der Waals surface area contributed by atoms with E-state index in [0.29, 0.717) is 0 Å². The maximum absolute atomic E-state index is 2.35. The summed E-state index contributed by atoms with van der Waals surface area (Å²) in [6.07, 6.45) is 2.55. The minimum absolute atomic E-state index is 1.05. The molecule has 3 rings (SSSR count). The number of unbranched alkanes of at least 4 members (excludes halogenated alkanes) is 1. The van der Waals surface area contributed by atoms with Crippen LogP contribution < -0.4 is 0 Å². The van der Waals surface area contributed by atoms with Gasteiger partial charge in [0.1, 0.15) is 6.54 Å². The van der Waals surface area contributed by atoms with Gasteiger partial charge in [0, 0.05) is 5.56 Å². The summed E-state index contributed by atoms with van der Waals surface area (Å²) in [5.74, 6) is 0. The summed E-state index contributed by atoms with van der Waals surface area (Å²) in [5.41, 5.74) is 1.50. The monoisotopic (exact) mass is 292 g/mol. The number of rotatable bonds is 5. The maximum atomic E-state index is 2.35.